The van der Waals surface area contributed by atoms with Crippen molar-refractivity contribution in [3.05, 3.63) is 66.2 Å². The molecule has 6 nitrogen and oxygen atoms in total. The third-order valence-corrected chi connectivity index (χ3v) is 7.79. The molecule has 0 saturated heterocycles. The number of sulfone groups is 1. The summed E-state index contributed by atoms with van der Waals surface area (Å²) in [5.74, 6) is -0.680. The van der Waals surface area contributed by atoms with Gasteiger partial charge < -0.3 is 5.32 Å². The van der Waals surface area contributed by atoms with Crippen molar-refractivity contribution in [2.24, 2.45) is 0 Å². The molecular formula is C22H22N2O4S. The van der Waals surface area contributed by atoms with Crippen LogP contribution in [0.3, 0.4) is 0 Å². The Morgan fingerprint density at radius 1 is 1.07 bits per heavy atom. The summed E-state index contributed by atoms with van der Waals surface area (Å²) in [5, 5.41) is 2.35. The lowest BCUT2D eigenvalue weighted by atomic mass is 10.1. The van der Waals surface area contributed by atoms with Gasteiger partial charge >= 0.3 is 0 Å². The maximum Gasteiger partial charge on any atom is 0.259 e. The van der Waals surface area contributed by atoms with Crippen LogP contribution in [-0.4, -0.2) is 36.9 Å². The van der Waals surface area contributed by atoms with Gasteiger partial charge in [-0.2, -0.15) is 0 Å². The van der Waals surface area contributed by atoms with Crippen LogP contribution in [0.25, 0.3) is 5.70 Å². The highest BCUT2D eigenvalue weighted by Crippen LogP contribution is 2.32. The molecule has 2 aromatic carbocycles. The van der Waals surface area contributed by atoms with Crippen molar-refractivity contribution >= 4 is 33.0 Å². The molecule has 150 valence electrons. The summed E-state index contributed by atoms with van der Waals surface area (Å²) in [5.41, 5.74) is 2.12. The first-order valence-corrected chi connectivity index (χ1v) is 11.2. The van der Waals surface area contributed by atoms with Crippen LogP contribution >= 0.6 is 0 Å². The maximum atomic E-state index is 12.8. The van der Waals surface area contributed by atoms with E-state index in [-0.39, 0.29) is 22.6 Å². The number of amides is 2. The van der Waals surface area contributed by atoms with Crippen LogP contribution in [0.1, 0.15) is 41.6 Å². The fourth-order valence-corrected chi connectivity index (χ4v) is 5.89. The van der Waals surface area contributed by atoms with E-state index in [1.165, 1.54) is 11.0 Å². The fourth-order valence-electron chi connectivity index (χ4n) is 3.99. The Kier molecular flexibility index (Phi) is 5.00. The molecule has 29 heavy (non-hydrogen) atoms. The van der Waals surface area contributed by atoms with E-state index in [1.807, 2.05) is 6.07 Å². The first-order valence-electron chi connectivity index (χ1n) is 9.62. The van der Waals surface area contributed by atoms with E-state index in [0.29, 0.717) is 29.8 Å². The lowest BCUT2D eigenvalue weighted by Gasteiger charge is -2.17. The molecule has 1 N–H and O–H groups in total. The van der Waals surface area contributed by atoms with Crippen LogP contribution in [0.2, 0.25) is 0 Å². The molecule has 0 unspecified atom stereocenters. The Morgan fingerprint density at radius 3 is 2.45 bits per heavy atom. The van der Waals surface area contributed by atoms with Crippen molar-refractivity contribution in [1.82, 2.24) is 4.90 Å². The van der Waals surface area contributed by atoms with Crippen LogP contribution in [0, 0.1) is 0 Å². The highest BCUT2D eigenvalue weighted by atomic mass is 32.2. The summed E-state index contributed by atoms with van der Waals surface area (Å²) in [7, 11) is -3.40. The normalized spacial score (nSPS) is 16.9. The van der Waals surface area contributed by atoms with Gasteiger partial charge in [-0.3, -0.25) is 14.5 Å². The number of carbonyl (C=O) groups excluding carboxylic acids is 2. The number of rotatable bonds is 5. The molecule has 1 aliphatic heterocycles. The van der Waals surface area contributed by atoms with Crippen LogP contribution in [0.5, 0.6) is 0 Å². The number of hydrogen-bond donors (Lipinski definition) is 1. The van der Waals surface area contributed by atoms with Gasteiger partial charge in [-0.25, -0.2) is 8.42 Å². The summed E-state index contributed by atoms with van der Waals surface area (Å²) in [6.07, 6.45) is 3.21. The van der Waals surface area contributed by atoms with Gasteiger partial charge in [-0.05, 0) is 37.1 Å². The van der Waals surface area contributed by atoms with Crippen molar-refractivity contribution in [1.29, 1.82) is 0 Å². The molecule has 4 rings (SSSR count). The van der Waals surface area contributed by atoms with Gasteiger partial charge in [-0.1, -0.05) is 43.7 Å². The van der Waals surface area contributed by atoms with E-state index in [9.17, 15) is 18.0 Å². The van der Waals surface area contributed by atoms with E-state index in [4.69, 9.17) is 0 Å². The number of carbonyl (C=O) groups is 2. The quantitative estimate of drug-likeness (QED) is 0.818. The van der Waals surface area contributed by atoms with E-state index in [1.54, 1.807) is 36.4 Å². The van der Waals surface area contributed by atoms with Gasteiger partial charge in [0.15, 0.2) is 9.84 Å². The predicted molar refractivity (Wildman–Crippen MR) is 111 cm³/mol. The molecule has 1 aliphatic carbocycles. The summed E-state index contributed by atoms with van der Waals surface area (Å²) in [4.78, 5) is 26.6. The molecule has 2 aromatic rings. The Balaban J connectivity index is 1.47. The molecule has 0 radical (unpaired) electrons. The van der Waals surface area contributed by atoms with Gasteiger partial charge in [0, 0.05) is 22.5 Å². The van der Waals surface area contributed by atoms with Crippen LogP contribution in [0.15, 0.2) is 60.0 Å². The second kappa shape index (κ2) is 7.48. The Morgan fingerprint density at radius 2 is 1.76 bits per heavy atom. The molecule has 0 aromatic heterocycles. The second-order valence-electron chi connectivity index (χ2n) is 7.41. The summed E-state index contributed by atoms with van der Waals surface area (Å²) >= 11 is 0. The number of hydrogen-bond acceptors (Lipinski definition) is 4. The van der Waals surface area contributed by atoms with Crippen molar-refractivity contribution in [3.8, 4) is 0 Å². The third kappa shape index (κ3) is 3.58. The zero-order chi connectivity index (χ0) is 20.6. The van der Waals surface area contributed by atoms with Gasteiger partial charge in [0.2, 0.25) is 5.91 Å². The maximum absolute atomic E-state index is 12.8. The van der Waals surface area contributed by atoms with Crippen molar-refractivity contribution in [2.75, 3.05) is 11.9 Å². The van der Waals surface area contributed by atoms with E-state index in [0.717, 1.165) is 18.4 Å². The molecule has 0 atom stereocenters. The molecule has 2 aliphatic rings. The zero-order valence-corrected chi connectivity index (χ0v) is 16.7. The SMILES string of the molecule is C=C1c2ccccc2C(=O)N1CC(=O)Nc1cccc(S(=O)(=O)C2CCCC2)c1. The number of anilines is 1. The molecule has 1 heterocycles. The van der Waals surface area contributed by atoms with Crippen LogP contribution in [0.4, 0.5) is 5.69 Å². The average molecular weight is 410 g/mol. The molecule has 7 heteroatoms. The molecular weight excluding hydrogens is 388 g/mol. The van der Waals surface area contributed by atoms with Crippen molar-refractivity contribution in [3.63, 3.8) is 0 Å². The lowest BCUT2D eigenvalue weighted by molar-refractivity contribution is -0.116. The van der Waals surface area contributed by atoms with Gasteiger partial charge in [0.05, 0.1) is 10.1 Å². The highest BCUT2D eigenvalue weighted by molar-refractivity contribution is 7.92. The minimum absolute atomic E-state index is 0.189. The van der Waals surface area contributed by atoms with Gasteiger partial charge in [-0.15, -0.1) is 0 Å². The first-order chi connectivity index (χ1) is 13.9. The Labute approximate surface area is 170 Å². The monoisotopic (exact) mass is 410 g/mol. The average Bonchev–Trinajstić information content (AvgIpc) is 3.33. The lowest BCUT2D eigenvalue weighted by Crippen LogP contribution is -2.32. The second-order valence-corrected chi connectivity index (χ2v) is 9.64. The first kappa shape index (κ1) is 19.4. The van der Waals surface area contributed by atoms with Crippen LogP contribution in [-0.2, 0) is 14.6 Å². The third-order valence-electron chi connectivity index (χ3n) is 5.53. The van der Waals surface area contributed by atoms with Gasteiger partial charge in [0.1, 0.15) is 6.54 Å². The largest absolute Gasteiger partial charge is 0.324 e. The molecule has 1 fully saturated rings. The Hall–Kier alpha value is -2.93. The summed E-state index contributed by atoms with van der Waals surface area (Å²) in [6, 6.07) is 13.4. The summed E-state index contributed by atoms with van der Waals surface area (Å²) < 4.78 is 25.6. The molecule has 0 spiro atoms. The number of nitrogens with zero attached hydrogens (tertiary/aromatic N) is 1. The fraction of sp³-hybridized carbons (Fsp3) is 0.273. The number of nitrogens with one attached hydrogen (secondary N) is 1. The smallest absolute Gasteiger partial charge is 0.259 e. The summed E-state index contributed by atoms with van der Waals surface area (Å²) in [6.45, 7) is 3.74. The minimum atomic E-state index is -3.40. The van der Waals surface area contributed by atoms with Crippen LogP contribution < -0.4 is 5.32 Å². The van der Waals surface area contributed by atoms with Crippen molar-refractivity contribution < 1.29 is 18.0 Å². The van der Waals surface area contributed by atoms with E-state index in [2.05, 4.69) is 11.9 Å². The standard InChI is InChI=1S/C22H22N2O4S/c1-15-19-11-4-5-12-20(19)22(26)24(15)14-21(25)23-16-7-6-10-18(13-16)29(27,28)17-8-2-3-9-17/h4-7,10-13,17H,1-3,8-9,14H2,(H,23,25). The van der Waals surface area contributed by atoms with Crippen molar-refractivity contribution in [2.45, 2.75) is 35.8 Å². The Bertz CT molecular complexity index is 1070. The van der Waals surface area contributed by atoms with E-state index < -0.39 is 15.7 Å². The predicted octanol–water partition coefficient (Wildman–Crippen LogP) is 3.47. The topological polar surface area (TPSA) is 83.6 Å². The molecule has 2 amide bonds. The van der Waals surface area contributed by atoms with Gasteiger partial charge in [0.25, 0.3) is 5.91 Å². The molecule has 0 bridgehead atoms. The molecule has 1 saturated carbocycles. The zero-order valence-electron chi connectivity index (χ0n) is 15.9. The highest BCUT2D eigenvalue weighted by Gasteiger charge is 2.32. The minimum Gasteiger partial charge on any atom is -0.324 e. The number of benzene rings is 2. The van der Waals surface area contributed by atoms with E-state index >= 15 is 0 Å². The number of fused-ring (bicyclic) bond motifs is 1.